The number of ether oxygens (including phenoxy) is 2. The maximum absolute atomic E-state index is 14.0. The molecule has 0 spiro atoms. The Labute approximate surface area is 158 Å². The normalized spacial score (nSPS) is 22.8. The summed E-state index contributed by atoms with van der Waals surface area (Å²) in [5, 5.41) is 0. The average molecular weight is 401 g/mol. The molecule has 1 aromatic carbocycles. The first-order valence-corrected chi connectivity index (χ1v) is 8.89. The highest BCUT2D eigenvalue weighted by Crippen LogP contribution is 2.39. The van der Waals surface area contributed by atoms with Crippen LogP contribution in [0.3, 0.4) is 0 Å². The summed E-state index contributed by atoms with van der Waals surface area (Å²) in [5.74, 6) is -2.88. The highest BCUT2D eigenvalue weighted by atomic mass is 19.4. The largest absolute Gasteiger partial charge is 0.462 e. The zero-order valence-electron chi connectivity index (χ0n) is 15.1. The van der Waals surface area contributed by atoms with E-state index in [1.807, 2.05) is 0 Å². The maximum Gasteiger partial charge on any atom is 0.446 e. The number of hydrogen-bond donors (Lipinski definition) is 0. The lowest BCUT2D eigenvalue weighted by Crippen LogP contribution is -2.55. The van der Waals surface area contributed by atoms with Crippen molar-refractivity contribution in [2.45, 2.75) is 38.0 Å². The van der Waals surface area contributed by atoms with Crippen LogP contribution in [0.2, 0.25) is 0 Å². The first-order chi connectivity index (χ1) is 13.3. The Bertz CT molecular complexity index is 804. The third-order valence-electron chi connectivity index (χ3n) is 4.36. The molecule has 0 saturated carbocycles. The van der Waals surface area contributed by atoms with Crippen LogP contribution in [0.5, 0.6) is 0 Å². The summed E-state index contributed by atoms with van der Waals surface area (Å²) in [5.41, 5.74) is -3.54. The zero-order chi connectivity index (χ0) is 20.4. The lowest BCUT2D eigenvalue weighted by molar-refractivity contribution is -0.204. The van der Waals surface area contributed by atoms with E-state index in [0.29, 0.717) is 13.1 Å². The minimum atomic E-state index is -5.18. The van der Waals surface area contributed by atoms with Crippen LogP contribution in [0.15, 0.2) is 34.3 Å². The van der Waals surface area contributed by atoms with Gasteiger partial charge < -0.3 is 14.4 Å². The van der Waals surface area contributed by atoms with E-state index in [1.54, 1.807) is 0 Å². The van der Waals surface area contributed by atoms with Gasteiger partial charge >= 0.3 is 17.8 Å². The molecule has 1 aromatic rings. The van der Waals surface area contributed by atoms with Crippen molar-refractivity contribution in [2.75, 3.05) is 19.7 Å². The van der Waals surface area contributed by atoms with E-state index in [2.05, 4.69) is 14.7 Å². The molecule has 0 amide bonds. The van der Waals surface area contributed by atoms with Crippen LogP contribution in [0.25, 0.3) is 0 Å². The number of carbonyl (C=O) groups is 1. The van der Waals surface area contributed by atoms with Crippen LogP contribution in [-0.4, -0.2) is 54.3 Å². The van der Waals surface area contributed by atoms with Gasteiger partial charge in [0.05, 0.1) is 6.61 Å². The fraction of sp³-hybridized carbons (Fsp3) is 0.500. The van der Waals surface area contributed by atoms with Gasteiger partial charge in [0.2, 0.25) is 5.90 Å². The summed E-state index contributed by atoms with van der Waals surface area (Å²) in [6.45, 7) is 1.95. The van der Waals surface area contributed by atoms with Gasteiger partial charge in [0.25, 0.3) is 6.02 Å². The molecule has 2 aliphatic heterocycles. The second-order valence-electron chi connectivity index (χ2n) is 6.36. The Kier molecular flexibility index (Phi) is 5.57. The molecule has 1 fully saturated rings. The molecule has 0 radical (unpaired) electrons. The fourth-order valence-corrected chi connectivity index (χ4v) is 2.97. The van der Waals surface area contributed by atoms with E-state index >= 15 is 0 Å². The Balaban J connectivity index is 2.14. The Morgan fingerprint density at radius 2 is 1.96 bits per heavy atom. The van der Waals surface area contributed by atoms with E-state index in [9.17, 15) is 22.4 Å². The van der Waals surface area contributed by atoms with Crippen LogP contribution >= 0.6 is 0 Å². The van der Waals surface area contributed by atoms with Gasteiger partial charge in [-0.25, -0.2) is 9.18 Å². The maximum atomic E-state index is 14.0. The minimum absolute atomic E-state index is 0.0395. The lowest BCUT2D eigenvalue weighted by atomic mass is 10.1. The number of nitrogens with zero attached hydrogens (tertiary/aromatic N) is 3. The second-order valence-corrected chi connectivity index (χ2v) is 6.36. The van der Waals surface area contributed by atoms with Gasteiger partial charge in [0.1, 0.15) is 5.82 Å². The van der Waals surface area contributed by atoms with E-state index in [0.717, 1.165) is 31.4 Å². The molecular formula is C18H19F4N3O3. The van der Waals surface area contributed by atoms with Crippen molar-refractivity contribution < 1.29 is 31.8 Å². The van der Waals surface area contributed by atoms with Crippen LogP contribution in [0.4, 0.5) is 17.6 Å². The molecule has 0 bridgehead atoms. The third kappa shape index (κ3) is 3.81. The summed E-state index contributed by atoms with van der Waals surface area (Å²) in [6, 6.07) is 4.38. The number of rotatable bonds is 3. The number of likely N-dealkylation sites (tertiary alicyclic amines) is 1. The van der Waals surface area contributed by atoms with E-state index < -0.39 is 29.5 Å². The summed E-state index contributed by atoms with van der Waals surface area (Å²) >= 11 is 0. The van der Waals surface area contributed by atoms with Crippen molar-refractivity contribution in [1.29, 1.82) is 0 Å². The van der Waals surface area contributed by atoms with Gasteiger partial charge in [-0.05, 0) is 44.4 Å². The molecule has 1 unspecified atom stereocenters. The molecule has 6 nitrogen and oxygen atoms in total. The smallest absolute Gasteiger partial charge is 0.446 e. The van der Waals surface area contributed by atoms with Gasteiger partial charge in [-0.2, -0.15) is 23.2 Å². The van der Waals surface area contributed by atoms with E-state index in [-0.39, 0.29) is 18.2 Å². The van der Waals surface area contributed by atoms with Crippen molar-refractivity contribution in [2.24, 2.45) is 9.98 Å². The minimum Gasteiger partial charge on any atom is -0.462 e. The Morgan fingerprint density at radius 3 is 2.57 bits per heavy atom. The second kappa shape index (κ2) is 7.76. The number of benzene rings is 1. The van der Waals surface area contributed by atoms with Crippen molar-refractivity contribution in [1.82, 2.24) is 4.90 Å². The number of hydrogen-bond acceptors (Lipinski definition) is 6. The Hall–Kier alpha value is -2.65. The van der Waals surface area contributed by atoms with Crippen LogP contribution in [0, 0.1) is 5.82 Å². The molecule has 0 aromatic heterocycles. The van der Waals surface area contributed by atoms with Crippen molar-refractivity contribution >= 4 is 17.9 Å². The predicted octanol–water partition coefficient (Wildman–Crippen LogP) is 3.27. The average Bonchev–Trinajstić information content (AvgIpc) is 2.67. The zero-order valence-corrected chi connectivity index (χ0v) is 15.1. The summed E-state index contributed by atoms with van der Waals surface area (Å²) < 4.78 is 65.8. The number of esters is 1. The van der Waals surface area contributed by atoms with E-state index in [1.165, 1.54) is 24.0 Å². The molecule has 0 N–H and O–H groups in total. The first-order valence-electron chi connectivity index (χ1n) is 8.89. The predicted molar refractivity (Wildman–Crippen MR) is 92.3 cm³/mol. The van der Waals surface area contributed by atoms with Gasteiger partial charge in [-0.3, -0.25) is 0 Å². The highest BCUT2D eigenvalue weighted by Gasteiger charge is 2.65. The van der Waals surface area contributed by atoms with Crippen molar-refractivity contribution in [3.63, 3.8) is 0 Å². The molecule has 28 heavy (non-hydrogen) atoms. The number of amidine groups is 1. The quantitative estimate of drug-likeness (QED) is 0.576. The lowest BCUT2D eigenvalue weighted by Gasteiger charge is -2.35. The monoisotopic (exact) mass is 401 g/mol. The molecule has 3 rings (SSSR count). The molecule has 152 valence electrons. The molecule has 1 atom stereocenters. The van der Waals surface area contributed by atoms with Gasteiger partial charge in [-0.1, -0.05) is 6.07 Å². The molecule has 2 heterocycles. The Morgan fingerprint density at radius 1 is 1.25 bits per heavy atom. The topological polar surface area (TPSA) is 63.5 Å². The molecule has 0 aliphatic carbocycles. The fourth-order valence-electron chi connectivity index (χ4n) is 2.97. The van der Waals surface area contributed by atoms with Crippen molar-refractivity contribution in [3.05, 3.63) is 35.6 Å². The molecule has 1 saturated heterocycles. The number of halogens is 4. The summed E-state index contributed by atoms with van der Waals surface area (Å²) in [6.07, 6.45) is -2.76. The number of alkyl halides is 3. The van der Waals surface area contributed by atoms with Crippen LogP contribution in [0.1, 0.15) is 31.7 Å². The standard InChI is InChI=1S/C18H19F4N3O3/c1-2-27-15(26)17(18(20,21)22)23-14(12-7-6-8-13(19)11-12)28-16(24-17)25-9-4-3-5-10-25/h6-8,11H,2-5,9-10H2,1H3. The molecular weight excluding hydrogens is 382 g/mol. The number of aliphatic imine (C=N–C) groups is 2. The molecule has 2 aliphatic rings. The molecule has 10 heteroatoms. The van der Waals surface area contributed by atoms with Gasteiger partial charge in [0, 0.05) is 18.7 Å². The highest BCUT2D eigenvalue weighted by molar-refractivity contribution is 6.05. The van der Waals surface area contributed by atoms with Crippen LogP contribution < -0.4 is 0 Å². The summed E-state index contributed by atoms with van der Waals surface area (Å²) in [4.78, 5) is 20.9. The van der Waals surface area contributed by atoms with Crippen LogP contribution in [-0.2, 0) is 14.3 Å². The van der Waals surface area contributed by atoms with Gasteiger partial charge in [-0.15, -0.1) is 0 Å². The SMILES string of the molecule is CCOC(=O)C1(C(F)(F)F)N=C(c2cccc(F)c2)OC(N2CCCCC2)=N1. The summed E-state index contributed by atoms with van der Waals surface area (Å²) in [7, 11) is 0. The number of piperidine rings is 1. The first kappa shape index (κ1) is 20.1. The third-order valence-corrected chi connectivity index (χ3v) is 4.36. The van der Waals surface area contributed by atoms with E-state index in [4.69, 9.17) is 4.74 Å². The number of carbonyl (C=O) groups excluding carboxylic acids is 1. The van der Waals surface area contributed by atoms with Gasteiger partial charge in [0.15, 0.2) is 0 Å². The van der Waals surface area contributed by atoms with Crippen molar-refractivity contribution in [3.8, 4) is 0 Å².